The topological polar surface area (TPSA) is 20.2 Å². The molecular formula is C10H24O. The fraction of sp³-hybridized carbons (Fsp3) is 1.00. The van der Waals surface area contributed by atoms with E-state index in [1.54, 1.807) is 0 Å². The zero-order valence-electron chi connectivity index (χ0n) is 8.56. The van der Waals surface area contributed by atoms with Crippen LogP contribution < -0.4 is 0 Å². The van der Waals surface area contributed by atoms with Crippen molar-refractivity contribution in [2.75, 3.05) is 6.61 Å². The van der Waals surface area contributed by atoms with E-state index in [0.29, 0.717) is 6.61 Å². The lowest BCUT2D eigenvalue weighted by Gasteiger charge is -2.10. The van der Waals surface area contributed by atoms with Crippen LogP contribution in [-0.4, -0.2) is 11.7 Å². The number of aliphatic hydroxyl groups excluding tert-OH is 1. The van der Waals surface area contributed by atoms with Gasteiger partial charge in [-0.05, 0) is 12.3 Å². The van der Waals surface area contributed by atoms with Crippen LogP contribution in [0.2, 0.25) is 0 Å². The van der Waals surface area contributed by atoms with Crippen LogP contribution in [0, 0.1) is 5.92 Å². The van der Waals surface area contributed by atoms with Crippen molar-refractivity contribution >= 4 is 0 Å². The summed E-state index contributed by atoms with van der Waals surface area (Å²) >= 11 is 0. The minimum atomic E-state index is 0.360. The molecular weight excluding hydrogens is 136 g/mol. The van der Waals surface area contributed by atoms with Crippen LogP contribution in [0.5, 0.6) is 0 Å². The molecule has 11 heavy (non-hydrogen) atoms. The second-order valence-electron chi connectivity index (χ2n) is 2.58. The third-order valence-corrected chi connectivity index (χ3v) is 1.81. The van der Waals surface area contributed by atoms with E-state index in [1.165, 1.54) is 19.3 Å². The van der Waals surface area contributed by atoms with Gasteiger partial charge in [-0.3, -0.25) is 0 Å². The van der Waals surface area contributed by atoms with Crippen LogP contribution in [0.4, 0.5) is 0 Å². The SMILES string of the molecule is CC.CCCC(CC)CCO. The number of rotatable bonds is 5. The Morgan fingerprint density at radius 2 is 1.64 bits per heavy atom. The van der Waals surface area contributed by atoms with Gasteiger partial charge in [0.2, 0.25) is 0 Å². The quantitative estimate of drug-likeness (QED) is 0.654. The number of aliphatic hydroxyl groups is 1. The molecule has 0 rings (SSSR count). The van der Waals surface area contributed by atoms with E-state index in [9.17, 15) is 0 Å². The molecule has 1 heteroatoms. The fourth-order valence-corrected chi connectivity index (χ4v) is 1.14. The van der Waals surface area contributed by atoms with E-state index in [1.807, 2.05) is 13.8 Å². The van der Waals surface area contributed by atoms with Crippen molar-refractivity contribution in [3.8, 4) is 0 Å². The molecule has 0 spiro atoms. The third kappa shape index (κ3) is 9.96. The first-order valence-electron chi connectivity index (χ1n) is 4.96. The van der Waals surface area contributed by atoms with Gasteiger partial charge < -0.3 is 5.11 Å². The average molecular weight is 160 g/mol. The Labute approximate surface area is 71.8 Å². The molecule has 1 N–H and O–H groups in total. The molecule has 0 bridgehead atoms. The summed E-state index contributed by atoms with van der Waals surface area (Å²) in [5.41, 5.74) is 0. The lowest BCUT2D eigenvalue weighted by molar-refractivity contribution is 0.248. The summed E-state index contributed by atoms with van der Waals surface area (Å²) in [6.45, 7) is 8.74. The maximum absolute atomic E-state index is 8.59. The molecule has 0 amide bonds. The Balaban J connectivity index is 0. The van der Waals surface area contributed by atoms with E-state index < -0.39 is 0 Å². The summed E-state index contributed by atoms with van der Waals surface area (Å²) in [6, 6.07) is 0. The van der Waals surface area contributed by atoms with Gasteiger partial charge in [-0.15, -0.1) is 0 Å². The molecule has 1 nitrogen and oxygen atoms in total. The molecule has 1 unspecified atom stereocenters. The summed E-state index contributed by atoms with van der Waals surface area (Å²) < 4.78 is 0. The lowest BCUT2D eigenvalue weighted by Crippen LogP contribution is -2.00. The van der Waals surface area contributed by atoms with Gasteiger partial charge in [0.1, 0.15) is 0 Å². The average Bonchev–Trinajstić information content (AvgIpc) is 2.08. The number of hydrogen-bond acceptors (Lipinski definition) is 1. The predicted molar refractivity (Wildman–Crippen MR) is 51.7 cm³/mol. The van der Waals surface area contributed by atoms with Crippen LogP contribution in [0.25, 0.3) is 0 Å². The van der Waals surface area contributed by atoms with E-state index in [-0.39, 0.29) is 0 Å². The van der Waals surface area contributed by atoms with Crippen LogP contribution >= 0.6 is 0 Å². The molecule has 0 saturated carbocycles. The van der Waals surface area contributed by atoms with Crippen molar-refractivity contribution < 1.29 is 5.11 Å². The van der Waals surface area contributed by atoms with Crippen molar-refractivity contribution in [1.82, 2.24) is 0 Å². The van der Waals surface area contributed by atoms with E-state index >= 15 is 0 Å². The summed E-state index contributed by atoms with van der Waals surface area (Å²) in [4.78, 5) is 0. The zero-order valence-corrected chi connectivity index (χ0v) is 8.56. The highest BCUT2D eigenvalue weighted by atomic mass is 16.3. The normalized spacial score (nSPS) is 11.7. The first kappa shape index (κ1) is 13.5. The van der Waals surface area contributed by atoms with E-state index in [4.69, 9.17) is 5.11 Å². The van der Waals surface area contributed by atoms with Crippen LogP contribution in [0.3, 0.4) is 0 Å². The Morgan fingerprint density at radius 3 is 1.91 bits per heavy atom. The molecule has 1 atom stereocenters. The predicted octanol–water partition coefficient (Wildman–Crippen LogP) is 3.22. The van der Waals surface area contributed by atoms with Gasteiger partial charge >= 0.3 is 0 Å². The Morgan fingerprint density at radius 1 is 1.09 bits per heavy atom. The van der Waals surface area contributed by atoms with Gasteiger partial charge in [-0.25, -0.2) is 0 Å². The molecule has 0 radical (unpaired) electrons. The van der Waals surface area contributed by atoms with Gasteiger partial charge in [0.15, 0.2) is 0 Å². The summed E-state index contributed by atoms with van der Waals surface area (Å²) in [6.07, 6.45) is 4.73. The third-order valence-electron chi connectivity index (χ3n) is 1.81. The lowest BCUT2D eigenvalue weighted by atomic mass is 9.98. The molecule has 70 valence electrons. The maximum Gasteiger partial charge on any atom is 0.0433 e. The van der Waals surface area contributed by atoms with Gasteiger partial charge in [0.25, 0.3) is 0 Å². The first-order chi connectivity index (χ1) is 5.35. The molecule has 0 aromatic heterocycles. The Bertz CT molecular complexity index is 46.8. The highest BCUT2D eigenvalue weighted by molar-refractivity contribution is 4.54. The van der Waals surface area contributed by atoms with Crippen molar-refractivity contribution in [3.63, 3.8) is 0 Å². The number of hydrogen-bond donors (Lipinski definition) is 1. The van der Waals surface area contributed by atoms with Gasteiger partial charge in [0, 0.05) is 6.61 Å². The molecule has 0 aromatic carbocycles. The Hall–Kier alpha value is -0.0400. The molecule has 0 fully saturated rings. The van der Waals surface area contributed by atoms with Crippen LogP contribution in [-0.2, 0) is 0 Å². The smallest absolute Gasteiger partial charge is 0.0433 e. The van der Waals surface area contributed by atoms with Crippen LogP contribution in [0.1, 0.15) is 53.4 Å². The van der Waals surface area contributed by atoms with Crippen molar-refractivity contribution in [2.24, 2.45) is 5.92 Å². The van der Waals surface area contributed by atoms with Gasteiger partial charge in [0.05, 0.1) is 0 Å². The molecule has 0 saturated heterocycles. The fourth-order valence-electron chi connectivity index (χ4n) is 1.14. The standard InChI is InChI=1S/C8H18O.C2H6/c1-3-5-8(4-2)6-7-9;1-2/h8-9H,3-7H2,1-2H3;1-2H3. The van der Waals surface area contributed by atoms with E-state index in [2.05, 4.69) is 13.8 Å². The van der Waals surface area contributed by atoms with Crippen molar-refractivity contribution in [3.05, 3.63) is 0 Å². The summed E-state index contributed by atoms with van der Waals surface area (Å²) in [5.74, 6) is 0.764. The molecule has 0 aliphatic rings. The van der Waals surface area contributed by atoms with Gasteiger partial charge in [-0.1, -0.05) is 47.0 Å². The molecule has 0 aliphatic heterocycles. The molecule has 0 aromatic rings. The largest absolute Gasteiger partial charge is 0.396 e. The van der Waals surface area contributed by atoms with Crippen molar-refractivity contribution in [1.29, 1.82) is 0 Å². The highest BCUT2D eigenvalue weighted by Gasteiger charge is 2.01. The summed E-state index contributed by atoms with van der Waals surface area (Å²) in [7, 11) is 0. The van der Waals surface area contributed by atoms with Crippen molar-refractivity contribution in [2.45, 2.75) is 53.4 Å². The van der Waals surface area contributed by atoms with Crippen LogP contribution in [0.15, 0.2) is 0 Å². The minimum absolute atomic E-state index is 0.360. The molecule has 0 aliphatic carbocycles. The monoisotopic (exact) mass is 160 g/mol. The van der Waals surface area contributed by atoms with Gasteiger partial charge in [-0.2, -0.15) is 0 Å². The second-order valence-corrected chi connectivity index (χ2v) is 2.58. The van der Waals surface area contributed by atoms with E-state index in [0.717, 1.165) is 12.3 Å². The maximum atomic E-state index is 8.59. The zero-order chi connectivity index (χ0) is 9.11. The minimum Gasteiger partial charge on any atom is -0.396 e. The first-order valence-corrected chi connectivity index (χ1v) is 4.96. The highest BCUT2D eigenvalue weighted by Crippen LogP contribution is 2.13. The summed E-state index contributed by atoms with van der Waals surface area (Å²) in [5, 5.41) is 8.59. The second kappa shape index (κ2) is 12.6. The molecule has 0 heterocycles. The Kier molecular flexibility index (Phi) is 15.5.